The highest BCUT2D eigenvalue weighted by atomic mass is 15.1. The van der Waals surface area contributed by atoms with E-state index in [1.807, 2.05) is 6.07 Å². The number of nitrogens with zero attached hydrogens (tertiary/aromatic N) is 1. The lowest BCUT2D eigenvalue weighted by Crippen LogP contribution is -2.11. The van der Waals surface area contributed by atoms with Gasteiger partial charge >= 0.3 is 0 Å². The Kier molecular flexibility index (Phi) is 5.94. The summed E-state index contributed by atoms with van der Waals surface area (Å²) in [7, 11) is 0. The first-order valence-electron chi connectivity index (χ1n) is 17.5. The minimum Gasteiger partial charge on any atom is -0.309 e. The largest absolute Gasteiger partial charge is 0.309 e. The Morgan fingerprint density at radius 3 is 1.63 bits per heavy atom. The Bertz CT molecular complexity index is 2850. The molecule has 0 fully saturated rings. The van der Waals surface area contributed by atoms with Crippen LogP contribution in [-0.2, 0) is 0 Å². The van der Waals surface area contributed by atoms with Gasteiger partial charge in [0.05, 0.1) is 11.3 Å². The summed E-state index contributed by atoms with van der Waals surface area (Å²) >= 11 is 0. The zero-order valence-corrected chi connectivity index (χ0v) is 27.7. The number of benzene rings is 8. The van der Waals surface area contributed by atoms with E-state index in [0.29, 0.717) is 0 Å². The summed E-state index contributed by atoms with van der Waals surface area (Å²) in [4.78, 5) is 2.41. The molecule has 6 bridgehead atoms. The molecule has 2 aliphatic carbocycles. The Morgan fingerprint density at radius 1 is 0.353 bits per heavy atom. The van der Waals surface area contributed by atoms with Crippen molar-refractivity contribution >= 4 is 38.6 Å². The summed E-state index contributed by atoms with van der Waals surface area (Å²) < 4.78 is 0. The second-order valence-electron chi connectivity index (χ2n) is 13.5. The van der Waals surface area contributed by atoms with Gasteiger partial charge in [0.2, 0.25) is 0 Å². The van der Waals surface area contributed by atoms with E-state index in [1.165, 1.54) is 77.2 Å². The zero-order valence-electron chi connectivity index (χ0n) is 27.7. The van der Waals surface area contributed by atoms with Crippen LogP contribution in [0.25, 0.3) is 88.3 Å². The Balaban J connectivity index is 1.19. The van der Waals surface area contributed by atoms with Crippen LogP contribution in [0.5, 0.6) is 0 Å². The number of anilines is 3. The quantitative estimate of drug-likeness (QED) is 0.184. The van der Waals surface area contributed by atoms with Gasteiger partial charge in [0.15, 0.2) is 0 Å². The first kappa shape index (κ1) is 28.0. The number of hydrogen-bond donors (Lipinski definition) is 0. The van der Waals surface area contributed by atoms with Gasteiger partial charge in [-0.1, -0.05) is 146 Å². The topological polar surface area (TPSA) is 3.24 Å². The minimum absolute atomic E-state index is 1.01. The number of rotatable bonds is 4. The van der Waals surface area contributed by atoms with Crippen LogP contribution in [0.1, 0.15) is 0 Å². The molecule has 9 aromatic carbocycles. The van der Waals surface area contributed by atoms with Gasteiger partial charge in [0.25, 0.3) is 0 Å². The molecule has 9 aromatic rings. The van der Waals surface area contributed by atoms with E-state index in [9.17, 15) is 0 Å². The average Bonchev–Trinajstić information content (AvgIpc) is 3.30. The van der Waals surface area contributed by atoms with Gasteiger partial charge in [0, 0.05) is 11.4 Å². The van der Waals surface area contributed by atoms with E-state index >= 15 is 0 Å². The van der Waals surface area contributed by atoms with Crippen molar-refractivity contribution in [2.45, 2.75) is 0 Å². The molecule has 0 radical (unpaired) electrons. The van der Waals surface area contributed by atoms with Gasteiger partial charge in [-0.25, -0.2) is 0 Å². The van der Waals surface area contributed by atoms with Crippen LogP contribution in [0, 0.1) is 12.1 Å². The third-order valence-corrected chi connectivity index (χ3v) is 10.8. The molecule has 0 N–H and O–H groups in total. The van der Waals surface area contributed by atoms with Gasteiger partial charge in [-0.05, 0) is 125 Å². The lowest BCUT2D eigenvalue weighted by atomic mass is 9.83. The van der Waals surface area contributed by atoms with Crippen molar-refractivity contribution in [2.75, 3.05) is 4.90 Å². The monoisotopic (exact) mass is 643 g/mol. The molecule has 1 nitrogen and oxygen atoms in total. The normalized spacial score (nSPS) is 11.8. The van der Waals surface area contributed by atoms with Crippen LogP contribution in [0.3, 0.4) is 0 Å². The standard InChI is InChI=1S/C50H29N/c1-3-13-34-29-36(24-23-32(34)11-1)39-15-7-8-22-48(39)51(37-26-25-33-12-2-4-14-35(33)30-37)38-27-28-41-44-19-10-20-45-46-21-9-18-43(50(46)47(41)31-38)40-16-5-6-17-42(40)49(44)45/h1-6,8-14,16-31H. The van der Waals surface area contributed by atoms with Crippen LogP contribution in [-0.4, -0.2) is 0 Å². The van der Waals surface area contributed by atoms with E-state index in [1.54, 1.807) is 0 Å². The zero-order chi connectivity index (χ0) is 33.5. The second-order valence-corrected chi connectivity index (χ2v) is 13.5. The van der Waals surface area contributed by atoms with Gasteiger partial charge in [-0.3, -0.25) is 0 Å². The van der Waals surface area contributed by atoms with Crippen LogP contribution in [0.2, 0.25) is 0 Å². The highest BCUT2D eigenvalue weighted by molar-refractivity contribution is 6.15. The molecule has 1 heteroatoms. The molecule has 51 heavy (non-hydrogen) atoms. The molecule has 0 aromatic heterocycles. The Labute approximate surface area is 297 Å². The van der Waals surface area contributed by atoms with Gasteiger partial charge in [0.1, 0.15) is 0 Å². The molecule has 0 aliphatic heterocycles. The average molecular weight is 644 g/mol. The summed E-state index contributed by atoms with van der Waals surface area (Å²) in [6.45, 7) is 0. The molecule has 0 unspecified atom stereocenters. The smallest absolute Gasteiger partial charge is 0.0630 e. The number of hydrogen-bond acceptors (Lipinski definition) is 1. The molecule has 0 saturated carbocycles. The number of fused-ring (bicyclic) bond motifs is 6. The molecule has 0 amide bonds. The molecule has 11 rings (SSSR count). The highest BCUT2D eigenvalue weighted by Crippen LogP contribution is 2.58. The Morgan fingerprint density at radius 2 is 0.882 bits per heavy atom. The van der Waals surface area contributed by atoms with Crippen molar-refractivity contribution in [2.24, 2.45) is 0 Å². The van der Waals surface area contributed by atoms with Crippen LogP contribution >= 0.6 is 0 Å². The molecular formula is C50H29N. The van der Waals surface area contributed by atoms with Gasteiger partial charge < -0.3 is 4.90 Å². The van der Waals surface area contributed by atoms with Crippen molar-refractivity contribution in [3.8, 4) is 66.8 Å². The molecular weight excluding hydrogens is 615 g/mol. The molecule has 0 saturated heterocycles. The van der Waals surface area contributed by atoms with Crippen LogP contribution < -0.4 is 4.90 Å². The predicted octanol–water partition coefficient (Wildman–Crippen LogP) is 13.7. The molecule has 0 heterocycles. The van der Waals surface area contributed by atoms with Crippen LogP contribution in [0.4, 0.5) is 17.1 Å². The van der Waals surface area contributed by atoms with Crippen LogP contribution in [0.15, 0.2) is 176 Å². The van der Waals surface area contributed by atoms with Gasteiger partial charge in [-0.15, -0.1) is 0 Å². The van der Waals surface area contributed by atoms with E-state index < -0.39 is 0 Å². The minimum atomic E-state index is 1.01. The lowest BCUT2D eigenvalue weighted by Gasteiger charge is -2.29. The third-order valence-electron chi connectivity index (χ3n) is 10.8. The van der Waals surface area contributed by atoms with Crippen molar-refractivity contribution < 1.29 is 0 Å². The van der Waals surface area contributed by atoms with E-state index in [4.69, 9.17) is 0 Å². The summed E-state index contributed by atoms with van der Waals surface area (Å²) in [6.07, 6.45) is 0. The summed E-state index contributed by atoms with van der Waals surface area (Å²) in [6, 6.07) is 71.2. The molecule has 2 aliphatic rings. The van der Waals surface area contributed by atoms with Crippen molar-refractivity contribution in [3.63, 3.8) is 0 Å². The lowest BCUT2D eigenvalue weighted by molar-refractivity contribution is 1.29. The third kappa shape index (κ3) is 4.18. The predicted molar refractivity (Wildman–Crippen MR) is 214 cm³/mol. The fraction of sp³-hybridized carbons (Fsp3) is 0. The van der Waals surface area contributed by atoms with Crippen molar-refractivity contribution in [1.29, 1.82) is 0 Å². The maximum atomic E-state index is 3.54. The Hall–Kier alpha value is -6.88. The van der Waals surface area contributed by atoms with Crippen molar-refractivity contribution in [1.82, 2.24) is 0 Å². The van der Waals surface area contributed by atoms with E-state index in [-0.39, 0.29) is 0 Å². The SMILES string of the molecule is c1ccc(N(c2ccc3c(c2)-c2c4cccc2-c2cccc-3c2-c2ccccc2-4)c2ccc3ccccc3c2)c(-c2ccc3ccccc3c2)c#1. The summed E-state index contributed by atoms with van der Waals surface area (Å²) in [5, 5.41) is 4.85. The second kappa shape index (κ2) is 10.8. The molecule has 234 valence electrons. The van der Waals surface area contributed by atoms with Gasteiger partial charge in [-0.2, -0.15) is 0 Å². The molecule has 0 atom stereocenters. The maximum absolute atomic E-state index is 3.54. The van der Waals surface area contributed by atoms with E-state index in [2.05, 4.69) is 187 Å². The first-order chi connectivity index (χ1) is 25.3. The summed E-state index contributed by atoms with van der Waals surface area (Å²) in [5.74, 6) is 0. The van der Waals surface area contributed by atoms with Crippen molar-refractivity contribution in [3.05, 3.63) is 188 Å². The van der Waals surface area contributed by atoms with E-state index in [0.717, 1.165) is 28.2 Å². The summed E-state index contributed by atoms with van der Waals surface area (Å²) in [5.41, 5.74) is 18.2. The maximum Gasteiger partial charge on any atom is 0.0630 e. The first-order valence-corrected chi connectivity index (χ1v) is 17.5. The molecule has 0 spiro atoms. The highest BCUT2D eigenvalue weighted by Gasteiger charge is 2.31. The fourth-order valence-corrected chi connectivity index (χ4v) is 8.51. The fourth-order valence-electron chi connectivity index (χ4n) is 8.51.